The maximum Gasteiger partial charge on any atom is 0.271 e. The van der Waals surface area contributed by atoms with Gasteiger partial charge in [0, 0.05) is 35.7 Å². The third-order valence-corrected chi connectivity index (χ3v) is 8.47. The van der Waals surface area contributed by atoms with Crippen molar-refractivity contribution in [1.82, 2.24) is 20.5 Å². The lowest BCUT2D eigenvalue weighted by Crippen LogP contribution is -2.55. The van der Waals surface area contributed by atoms with Crippen LogP contribution in [0.25, 0.3) is 10.9 Å². The van der Waals surface area contributed by atoms with Gasteiger partial charge >= 0.3 is 0 Å². The van der Waals surface area contributed by atoms with Crippen molar-refractivity contribution in [3.8, 4) is 11.8 Å². The first kappa shape index (κ1) is 28.4. The van der Waals surface area contributed by atoms with Gasteiger partial charge in [0.15, 0.2) is 0 Å². The smallest absolute Gasteiger partial charge is 0.271 e. The number of likely N-dealkylation sites (N-methyl/N-ethyl adjacent to an activating group) is 1. The van der Waals surface area contributed by atoms with E-state index in [9.17, 15) is 19.6 Å². The van der Waals surface area contributed by atoms with E-state index in [2.05, 4.69) is 21.7 Å². The van der Waals surface area contributed by atoms with Gasteiger partial charge in [-0.15, -0.1) is 0 Å². The fourth-order valence-electron chi connectivity index (χ4n) is 6.35. The van der Waals surface area contributed by atoms with Crippen LogP contribution in [0.5, 0.6) is 5.75 Å². The molecule has 5 rings (SSSR count). The van der Waals surface area contributed by atoms with Crippen molar-refractivity contribution in [3.05, 3.63) is 65.9 Å². The van der Waals surface area contributed by atoms with Crippen molar-refractivity contribution in [1.29, 1.82) is 5.26 Å². The summed E-state index contributed by atoms with van der Waals surface area (Å²) in [7, 11) is 1.59. The average molecular weight is 556 g/mol. The van der Waals surface area contributed by atoms with Gasteiger partial charge < -0.3 is 25.3 Å². The lowest BCUT2D eigenvalue weighted by Gasteiger charge is -2.29. The molecule has 9 nitrogen and oxygen atoms in total. The summed E-state index contributed by atoms with van der Waals surface area (Å²) in [6, 6.07) is 17.6. The van der Waals surface area contributed by atoms with Gasteiger partial charge in [-0.05, 0) is 56.0 Å². The fraction of sp³-hybridized carbons (Fsp3) is 0.438. The second kappa shape index (κ2) is 12.6. The zero-order valence-electron chi connectivity index (χ0n) is 23.6. The molecule has 2 heterocycles. The summed E-state index contributed by atoms with van der Waals surface area (Å²) in [5.41, 5.74) is 2.22. The Labute approximate surface area is 240 Å². The number of aromatic amines is 1. The number of aromatic nitrogens is 1. The molecule has 2 amide bonds. The molecule has 2 fully saturated rings. The Morgan fingerprint density at radius 2 is 2.00 bits per heavy atom. The average Bonchev–Trinajstić information content (AvgIpc) is 3.74. The molecule has 1 aliphatic carbocycles. The number of carbonyl (C=O) groups excluding carboxylic acids is 3. The minimum Gasteiger partial charge on any atom is -0.496 e. The number of H-pyrrole nitrogens is 1. The van der Waals surface area contributed by atoms with E-state index in [4.69, 9.17) is 4.74 Å². The van der Waals surface area contributed by atoms with Crippen LogP contribution in [-0.2, 0) is 9.59 Å². The van der Waals surface area contributed by atoms with Gasteiger partial charge in [0.2, 0.25) is 5.91 Å². The van der Waals surface area contributed by atoms with E-state index in [1.165, 1.54) is 0 Å². The Hall–Kier alpha value is -4.16. The highest BCUT2D eigenvalue weighted by Crippen LogP contribution is 2.35. The minimum absolute atomic E-state index is 0.0230. The van der Waals surface area contributed by atoms with Crippen LogP contribution in [0.4, 0.5) is 0 Å². The van der Waals surface area contributed by atoms with Crippen molar-refractivity contribution in [3.63, 3.8) is 0 Å². The van der Waals surface area contributed by atoms with E-state index in [1.807, 2.05) is 55.5 Å². The Balaban J connectivity index is 1.43. The highest BCUT2D eigenvalue weighted by molar-refractivity contribution is 6.02. The Bertz CT molecular complexity index is 1450. The van der Waals surface area contributed by atoms with Gasteiger partial charge in [-0.2, -0.15) is 5.26 Å². The highest BCUT2D eigenvalue weighted by atomic mass is 16.5. The highest BCUT2D eigenvalue weighted by Gasteiger charge is 2.42. The number of ether oxygens (including phenoxy) is 1. The monoisotopic (exact) mass is 555 g/mol. The second-order valence-corrected chi connectivity index (χ2v) is 11.0. The number of ketones is 1. The number of benzene rings is 2. The van der Waals surface area contributed by atoms with Crippen LogP contribution < -0.4 is 15.4 Å². The summed E-state index contributed by atoms with van der Waals surface area (Å²) >= 11 is 0. The maximum absolute atomic E-state index is 14.0. The molecule has 41 heavy (non-hydrogen) atoms. The fourth-order valence-corrected chi connectivity index (χ4v) is 6.35. The number of hydrogen-bond donors (Lipinski definition) is 3. The van der Waals surface area contributed by atoms with Crippen molar-refractivity contribution >= 4 is 28.5 Å². The predicted octanol–water partition coefficient (Wildman–Crippen LogP) is 3.92. The third-order valence-electron chi connectivity index (χ3n) is 8.47. The molecule has 3 aromatic rings. The van der Waals surface area contributed by atoms with Crippen molar-refractivity contribution in [2.24, 2.45) is 5.92 Å². The first-order valence-corrected chi connectivity index (χ1v) is 14.4. The number of nitriles is 1. The van der Waals surface area contributed by atoms with E-state index in [1.54, 1.807) is 18.1 Å². The van der Waals surface area contributed by atoms with Gasteiger partial charge in [0.25, 0.3) is 5.91 Å². The molecular formula is C32H37N5O4. The molecule has 0 spiro atoms. The SMILES string of the molecule is CCNC(C#N)[C@H](C[C@@H]1CCCC1=O)NC(=O)[C@@H]1C[C@@H](c2ccccc2)CN1C(=O)c1cc2c(OC)cccc2[nH]1. The quantitative estimate of drug-likeness (QED) is 0.348. The van der Waals surface area contributed by atoms with Crippen LogP contribution in [0, 0.1) is 17.2 Å². The summed E-state index contributed by atoms with van der Waals surface area (Å²) in [4.78, 5) is 45.2. The molecule has 0 bridgehead atoms. The minimum atomic E-state index is -0.733. The summed E-state index contributed by atoms with van der Waals surface area (Å²) in [6.45, 7) is 2.84. The first-order chi connectivity index (χ1) is 19.9. The Morgan fingerprint density at radius 1 is 1.20 bits per heavy atom. The molecule has 5 atom stereocenters. The Kier molecular flexibility index (Phi) is 8.70. The summed E-state index contributed by atoms with van der Waals surface area (Å²) < 4.78 is 5.47. The third kappa shape index (κ3) is 5.98. The van der Waals surface area contributed by atoms with Crippen molar-refractivity contribution in [2.75, 3.05) is 20.2 Å². The van der Waals surface area contributed by atoms with Crippen LogP contribution in [0.2, 0.25) is 0 Å². The summed E-state index contributed by atoms with van der Waals surface area (Å²) in [5.74, 6) is 0.0751. The van der Waals surface area contributed by atoms with Crippen molar-refractivity contribution < 1.29 is 19.1 Å². The zero-order valence-corrected chi connectivity index (χ0v) is 23.6. The van der Waals surface area contributed by atoms with Crippen LogP contribution in [0.3, 0.4) is 0 Å². The number of Topliss-reactive ketones (excluding diaryl/α,β-unsaturated/α-hetero) is 1. The lowest BCUT2D eigenvalue weighted by molar-refractivity contribution is -0.126. The van der Waals surface area contributed by atoms with Gasteiger partial charge in [-0.1, -0.05) is 43.3 Å². The number of fused-ring (bicyclic) bond motifs is 1. The Morgan fingerprint density at radius 3 is 2.68 bits per heavy atom. The van der Waals surface area contributed by atoms with E-state index in [-0.39, 0.29) is 29.4 Å². The number of nitrogens with one attached hydrogen (secondary N) is 3. The van der Waals surface area contributed by atoms with Gasteiger partial charge in [-0.3, -0.25) is 14.4 Å². The largest absolute Gasteiger partial charge is 0.496 e. The summed E-state index contributed by atoms with van der Waals surface area (Å²) in [5, 5.41) is 17.0. The van der Waals surface area contributed by atoms with Crippen LogP contribution in [0.15, 0.2) is 54.6 Å². The molecule has 2 aromatic carbocycles. The van der Waals surface area contributed by atoms with E-state index in [0.717, 1.165) is 29.3 Å². The standard InChI is InChI=1S/C32H37N5O4/c1-3-34-27(18-33)25(15-21-11-7-13-29(21)38)36-31(39)28-16-22(20-9-5-4-6-10-20)19-37(28)32(40)26-17-23-24(35-26)12-8-14-30(23)41-2/h4-6,8-10,12,14,17,21-22,25,27-28,34-35H,3,7,11,13,15-16,19H2,1-2H3,(H,36,39)/t21-,22+,25-,27?,28-/m0/s1. The molecular weight excluding hydrogens is 518 g/mol. The van der Waals surface area contributed by atoms with Crippen LogP contribution in [0.1, 0.15) is 61.0 Å². The van der Waals surface area contributed by atoms with E-state index < -0.39 is 18.1 Å². The van der Waals surface area contributed by atoms with Crippen molar-refractivity contribution in [2.45, 2.75) is 63.1 Å². The number of amides is 2. The molecule has 1 saturated heterocycles. The number of hydrogen-bond acceptors (Lipinski definition) is 6. The number of rotatable bonds is 10. The molecule has 3 N–H and O–H groups in total. The van der Waals surface area contributed by atoms with Crippen LogP contribution >= 0.6 is 0 Å². The number of carbonyl (C=O) groups is 3. The predicted molar refractivity (Wildman–Crippen MR) is 155 cm³/mol. The molecule has 0 radical (unpaired) electrons. The molecule has 9 heteroatoms. The first-order valence-electron chi connectivity index (χ1n) is 14.4. The number of methoxy groups -OCH3 is 1. The van der Waals surface area contributed by atoms with E-state index in [0.29, 0.717) is 43.8 Å². The van der Waals surface area contributed by atoms with Crippen LogP contribution in [-0.4, -0.2) is 65.8 Å². The lowest BCUT2D eigenvalue weighted by atomic mass is 9.92. The normalized spacial score (nSPS) is 21.9. The number of nitrogens with zero attached hydrogens (tertiary/aromatic N) is 2. The summed E-state index contributed by atoms with van der Waals surface area (Å²) in [6.07, 6.45) is 3.01. The van der Waals surface area contributed by atoms with Gasteiger partial charge in [0.1, 0.15) is 29.3 Å². The second-order valence-electron chi connectivity index (χ2n) is 11.0. The molecule has 2 aliphatic rings. The molecule has 1 unspecified atom stereocenters. The zero-order chi connectivity index (χ0) is 28.9. The molecule has 214 valence electrons. The van der Waals surface area contributed by atoms with E-state index >= 15 is 0 Å². The van der Waals surface area contributed by atoms with Gasteiger partial charge in [0.05, 0.1) is 19.2 Å². The maximum atomic E-state index is 14.0. The molecule has 1 saturated carbocycles. The number of likely N-dealkylation sites (tertiary alicyclic amines) is 1. The topological polar surface area (TPSA) is 127 Å². The molecule has 1 aromatic heterocycles. The molecule has 1 aliphatic heterocycles. The van der Waals surface area contributed by atoms with Gasteiger partial charge in [-0.25, -0.2) is 0 Å².